The van der Waals surface area contributed by atoms with Gasteiger partial charge < -0.3 is 10.6 Å². The van der Waals surface area contributed by atoms with Crippen LogP contribution in [0.15, 0.2) is 0 Å². The summed E-state index contributed by atoms with van der Waals surface area (Å²) in [5.74, 6) is 0.640. The molecule has 2 atom stereocenters. The minimum absolute atomic E-state index is 0.205. The normalized spacial score (nSPS) is 40.8. The van der Waals surface area contributed by atoms with E-state index in [9.17, 15) is 8.42 Å². The Morgan fingerprint density at radius 3 is 2.59 bits per heavy atom. The van der Waals surface area contributed by atoms with Gasteiger partial charge in [-0.25, -0.2) is 8.42 Å². The van der Waals surface area contributed by atoms with E-state index in [1.807, 2.05) is 6.92 Å². The Morgan fingerprint density at radius 1 is 1.35 bits per heavy atom. The van der Waals surface area contributed by atoms with Gasteiger partial charge in [0.2, 0.25) is 0 Å². The molecule has 0 spiro atoms. The maximum absolute atomic E-state index is 11.5. The molecule has 2 aliphatic rings. The van der Waals surface area contributed by atoms with Crippen molar-refractivity contribution in [3.8, 4) is 0 Å². The van der Waals surface area contributed by atoms with Gasteiger partial charge in [-0.3, -0.25) is 0 Å². The second-order valence-electron chi connectivity index (χ2n) is 6.04. The van der Waals surface area contributed by atoms with Crippen molar-refractivity contribution < 1.29 is 8.42 Å². The molecular formula is C12H24N2O2S. The van der Waals surface area contributed by atoms with E-state index < -0.39 is 9.84 Å². The van der Waals surface area contributed by atoms with Gasteiger partial charge in [-0.15, -0.1) is 0 Å². The largest absolute Gasteiger partial charge is 0.316 e. The lowest BCUT2D eigenvalue weighted by atomic mass is 9.83. The molecule has 2 saturated heterocycles. The third kappa shape index (κ3) is 3.01. The first kappa shape index (κ1) is 13.3. The highest BCUT2D eigenvalue weighted by molar-refractivity contribution is 7.91. The minimum Gasteiger partial charge on any atom is -0.316 e. The van der Waals surface area contributed by atoms with Crippen LogP contribution < -0.4 is 10.6 Å². The van der Waals surface area contributed by atoms with Gasteiger partial charge in [0.25, 0.3) is 0 Å². The fourth-order valence-corrected chi connectivity index (χ4v) is 5.05. The molecule has 0 aliphatic carbocycles. The summed E-state index contributed by atoms with van der Waals surface area (Å²) in [5, 5.41) is 6.94. The molecule has 2 fully saturated rings. The molecule has 0 saturated carbocycles. The van der Waals surface area contributed by atoms with Gasteiger partial charge in [0.15, 0.2) is 9.84 Å². The summed E-state index contributed by atoms with van der Waals surface area (Å²) in [4.78, 5) is 0. The Balaban J connectivity index is 1.94. The summed E-state index contributed by atoms with van der Waals surface area (Å²) < 4.78 is 23.1. The van der Waals surface area contributed by atoms with Gasteiger partial charge >= 0.3 is 0 Å². The van der Waals surface area contributed by atoms with Gasteiger partial charge in [-0.05, 0) is 38.1 Å². The summed E-state index contributed by atoms with van der Waals surface area (Å²) in [6, 6.07) is 0. The van der Waals surface area contributed by atoms with Crippen molar-refractivity contribution in [1.29, 1.82) is 0 Å². The molecule has 0 amide bonds. The molecule has 5 heteroatoms. The van der Waals surface area contributed by atoms with E-state index in [2.05, 4.69) is 17.6 Å². The molecule has 100 valence electrons. The first-order chi connectivity index (χ1) is 7.89. The van der Waals surface area contributed by atoms with Crippen LogP contribution in [0.1, 0.15) is 33.1 Å². The molecule has 0 aromatic carbocycles. The SMILES string of the molecule is CCC1(CNC2(C)CCS(=O)(=O)C2)CCNC1. The van der Waals surface area contributed by atoms with E-state index in [4.69, 9.17) is 0 Å². The Bertz CT molecular complexity index is 374. The monoisotopic (exact) mass is 260 g/mol. The highest BCUT2D eigenvalue weighted by Crippen LogP contribution is 2.30. The van der Waals surface area contributed by atoms with E-state index in [1.165, 1.54) is 6.42 Å². The molecule has 0 aromatic rings. The van der Waals surface area contributed by atoms with E-state index in [0.717, 1.165) is 32.5 Å². The first-order valence-corrected chi connectivity index (χ1v) is 8.37. The standard InChI is InChI=1S/C12H24N2O2S/c1-3-12(4-6-13-8-12)9-14-11(2)5-7-17(15,16)10-11/h13-14H,3-10H2,1-2H3. The highest BCUT2D eigenvalue weighted by Gasteiger charge is 2.40. The predicted octanol–water partition coefficient (Wildman–Crippen LogP) is 0.543. The van der Waals surface area contributed by atoms with Crippen molar-refractivity contribution in [2.45, 2.75) is 38.6 Å². The Kier molecular flexibility index (Phi) is 3.54. The maximum atomic E-state index is 11.5. The van der Waals surface area contributed by atoms with Crippen LogP contribution in [-0.2, 0) is 9.84 Å². The van der Waals surface area contributed by atoms with E-state index in [0.29, 0.717) is 16.9 Å². The van der Waals surface area contributed by atoms with Crippen molar-refractivity contribution in [1.82, 2.24) is 10.6 Å². The van der Waals surface area contributed by atoms with Crippen molar-refractivity contribution in [2.24, 2.45) is 5.41 Å². The molecule has 2 heterocycles. The van der Waals surface area contributed by atoms with Crippen LogP contribution in [0.25, 0.3) is 0 Å². The summed E-state index contributed by atoms with van der Waals surface area (Å²) >= 11 is 0. The number of rotatable bonds is 4. The average Bonchev–Trinajstić information content (AvgIpc) is 2.83. The van der Waals surface area contributed by atoms with Gasteiger partial charge in [0, 0.05) is 18.6 Å². The summed E-state index contributed by atoms with van der Waals surface area (Å²) in [7, 11) is -2.80. The number of sulfone groups is 1. The number of hydrogen-bond acceptors (Lipinski definition) is 4. The molecule has 0 radical (unpaired) electrons. The lowest BCUT2D eigenvalue weighted by Gasteiger charge is -2.33. The Morgan fingerprint density at radius 2 is 2.12 bits per heavy atom. The molecule has 2 N–H and O–H groups in total. The number of hydrogen-bond donors (Lipinski definition) is 2. The smallest absolute Gasteiger partial charge is 0.152 e. The van der Waals surface area contributed by atoms with Crippen LogP contribution in [0.5, 0.6) is 0 Å². The van der Waals surface area contributed by atoms with Crippen LogP contribution in [-0.4, -0.2) is 45.1 Å². The minimum atomic E-state index is -2.80. The lowest BCUT2D eigenvalue weighted by Crippen LogP contribution is -2.49. The van der Waals surface area contributed by atoms with Gasteiger partial charge in [0.05, 0.1) is 11.5 Å². The third-order valence-corrected chi connectivity index (χ3v) is 6.38. The number of nitrogens with one attached hydrogen (secondary N) is 2. The molecule has 0 bridgehead atoms. The van der Waals surface area contributed by atoms with Crippen LogP contribution in [0.3, 0.4) is 0 Å². The maximum Gasteiger partial charge on any atom is 0.152 e. The topological polar surface area (TPSA) is 58.2 Å². The van der Waals surface area contributed by atoms with Gasteiger partial charge in [-0.1, -0.05) is 6.92 Å². The zero-order valence-electron chi connectivity index (χ0n) is 10.9. The fraction of sp³-hybridized carbons (Fsp3) is 1.00. The zero-order chi connectivity index (χ0) is 12.6. The Labute approximate surface area is 104 Å². The molecule has 2 unspecified atom stereocenters. The quantitative estimate of drug-likeness (QED) is 0.775. The van der Waals surface area contributed by atoms with Crippen LogP contribution in [0, 0.1) is 5.41 Å². The molecule has 17 heavy (non-hydrogen) atoms. The van der Waals surface area contributed by atoms with Gasteiger partial charge in [-0.2, -0.15) is 0 Å². The van der Waals surface area contributed by atoms with Crippen molar-refractivity contribution in [3.63, 3.8) is 0 Å². The zero-order valence-corrected chi connectivity index (χ0v) is 11.7. The lowest BCUT2D eigenvalue weighted by molar-refractivity contribution is 0.250. The predicted molar refractivity (Wildman–Crippen MR) is 69.9 cm³/mol. The second kappa shape index (κ2) is 4.52. The fourth-order valence-electron chi connectivity index (χ4n) is 2.92. The molecule has 4 nitrogen and oxygen atoms in total. The van der Waals surface area contributed by atoms with Crippen molar-refractivity contribution in [2.75, 3.05) is 31.1 Å². The molecule has 2 aliphatic heterocycles. The molecule has 0 aromatic heterocycles. The van der Waals surface area contributed by atoms with E-state index in [1.54, 1.807) is 0 Å². The van der Waals surface area contributed by atoms with Gasteiger partial charge in [0.1, 0.15) is 0 Å². The highest BCUT2D eigenvalue weighted by atomic mass is 32.2. The van der Waals surface area contributed by atoms with Crippen LogP contribution in [0.2, 0.25) is 0 Å². The molecular weight excluding hydrogens is 236 g/mol. The summed E-state index contributed by atoms with van der Waals surface area (Å²) in [6.45, 7) is 7.35. The summed E-state index contributed by atoms with van der Waals surface area (Å²) in [6.07, 6.45) is 3.09. The first-order valence-electron chi connectivity index (χ1n) is 6.55. The second-order valence-corrected chi connectivity index (χ2v) is 8.22. The van der Waals surface area contributed by atoms with E-state index in [-0.39, 0.29) is 5.54 Å². The Hall–Kier alpha value is -0.130. The van der Waals surface area contributed by atoms with E-state index >= 15 is 0 Å². The third-order valence-electron chi connectivity index (χ3n) is 4.48. The van der Waals surface area contributed by atoms with Crippen LogP contribution in [0.4, 0.5) is 0 Å². The molecule has 2 rings (SSSR count). The summed E-state index contributed by atoms with van der Waals surface area (Å²) in [5.41, 5.74) is 0.124. The average molecular weight is 260 g/mol. The van der Waals surface area contributed by atoms with Crippen LogP contribution >= 0.6 is 0 Å². The van der Waals surface area contributed by atoms with Crippen molar-refractivity contribution >= 4 is 9.84 Å². The van der Waals surface area contributed by atoms with Crippen molar-refractivity contribution in [3.05, 3.63) is 0 Å².